The number of hydrogen-bond acceptors (Lipinski definition) is 2. The fourth-order valence-corrected chi connectivity index (χ4v) is 2.65. The highest BCUT2D eigenvalue weighted by molar-refractivity contribution is 5.54. The van der Waals surface area contributed by atoms with Gasteiger partial charge in [0.05, 0.1) is 13.2 Å². The molecule has 122 valence electrons. The zero-order valence-corrected chi connectivity index (χ0v) is 14.2. The Morgan fingerprint density at radius 2 is 1.71 bits per heavy atom. The summed E-state index contributed by atoms with van der Waals surface area (Å²) in [5.74, 6) is 6.29. The summed E-state index contributed by atoms with van der Waals surface area (Å²) < 4.78 is 5.38. The minimum Gasteiger partial charge on any atom is -0.379 e. The molecule has 0 spiro atoms. The van der Waals surface area contributed by atoms with Gasteiger partial charge in [-0.25, -0.2) is 0 Å². The zero-order valence-electron chi connectivity index (χ0n) is 14.2. The van der Waals surface area contributed by atoms with E-state index >= 15 is 0 Å². The second kappa shape index (κ2) is 8.49. The molecule has 2 aromatic carbocycles. The molecule has 24 heavy (non-hydrogen) atoms. The van der Waals surface area contributed by atoms with E-state index in [1.165, 1.54) is 16.7 Å². The summed E-state index contributed by atoms with van der Waals surface area (Å²) in [7, 11) is 0. The number of aryl methyl sites for hydroxylation is 1. The first-order valence-corrected chi connectivity index (χ1v) is 8.43. The van der Waals surface area contributed by atoms with E-state index in [-0.39, 0.29) is 0 Å². The quantitative estimate of drug-likeness (QED) is 0.796. The molecule has 0 aliphatic carbocycles. The van der Waals surface area contributed by atoms with Crippen molar-refractivity contribution in [2.24, 2.45) is 0 Å². The van der Waals surface area contributed by atoms with Crippen LogP contribution in [0.3, 0.4) is 0 Å². The summed E-state index contributed by atoms with van der Waals surface area (Å²) in [4.78, 5) is 2.43. The molecule has 1 fully saturated rings. The summed E-state index contributed by atoms with van der Waals surface area (Å²) in [5, 5.41) is 0. The molecular weight excluding hydrogens is 294 g/mol. The Balaban J connectivity index is 1.55. The van der Waals surface area contributed by atoms with E-state index in [0.29, 0.717) is 0 Å². The number of nitrogens with zero attached hydrogens (tertiary/aromatic N) is 1. The lowest BCUT2D eigenvalue weighted by Gasteiger charge is -2.26. The Labute approximate surface area is 144 Å². The molecule has 3 rings (SSSR count). The first kappa shape index (κ1) is 16.5. The smallest absolute Gasteiger partial charge is 0.0594 e. The Morgan fingerprint density at radius 3 is 2.42 bits per heavy atom. The van der Waals surface area contributed by atoms with Crippen LogP contribution in [0, 0.1) is 18.8 Å². The molecule has 0 aromatic heterocycles. The van der Waals surface area contributed by atoms with Crippen molar-refractivity contribution in [3.63, 3.8) is 0 Å². The molecule has 1 heterocycles. The Bertz CT molecular complexity index is 726. The van der Waals surface area contributed by atoms with Crippen LogP contribution >= 0.6 is 0 Å². The lowest BCUT2D eigenvalue weighted by atomic mass is 10.1. The predicted octanol–water partition coefficient (Wildman–Crippen LogP) is 3.89. The van der Waals surface area contributed by atoms with Crippen LogP contribution < -0.4 is 0 Å². The summed E-state index contributed by atoms with van der Waals surface area (Å²) in [6.45, 7) is 6.81. The van der Waals surface area contributed by atoms with Gasteiger partial charge in [-0.1, -0.05) is 53.8 Å². The normalized spacial score (nSPS) is 15.2. The van der Waals surface area contributed by atoms with Crippen LogP contribution in [0.4, 0.5) is 0 Å². The molecule has 1 aliphatic heterocycles. The van der Waals surface area contributed by atoms with Crippen LogP contribution in [0.1, 0.15) is 22.3 Å². The SMILES string of the molecule is Cc1ccc(C=CC#Cc2ccc(CN3CCOCC3)cc2)cc1. The average molecular weight is 317 g/mol. The van der Waals surface area contributed by atoms with Gasteiger partial charge in [0.15, 0.2) is 0 Å². The van der Waals surface area contributed by atoms with E-state index in [4.69, 9.17) is 4.74 Å². The second-order valence-electron chi connectivity index (χ2n) is 6.10. The van der Waals surface area contributed by atoms with Gasteiger partial charge in [0.1, 0.15) is 0 Å². The predicted molar refractivity (Wildman–Crippen MR) is 99.6 cm³/mol. The van der Waals surface area contributed by atoms with E-state index in [1.807, 2.05) is 12.2 Å². The largest absolute Gasteiger partial charge is 0.379 e. The van der Waals surface area contributed by atoms with Crippen LogP contribution in [-0.4, -0.2) is 31.2 Å². The van der Waals surface area contributed by atoms with Crippen LogP contribution in [-0.2, 0) is 11.3 Å². The standard InChI is InChI=1S/C22H23NO/c1-19-6-8-20(9-7-19)4-2-3-5-21-10-12-22(13-11-21)18-23-14-16-24-17-15-23/h2,4,6-13H,14-18H2,1H3. The molecule has 0 unspecified atom stereocenters. The lowest BCUT2D eigenvalue weighted by Crippen LogP contribution is -2.35. The molecule has 0 atom stereocenters. The van der Waals surface area contributed by atoms with Crippen LogP contribution in [0.25, 0.3) is 6.08 Å². The van der Waals surface area contributed by atoms with Crippen molar-refractivity contribution in [2.75, 3.05) is 26.3 Å². The van der Waals surface area contributed by atoms with E-state index in [9.17, 15) is 0 Å². The molecule has 0 radical (unpaired) electrons. The fraction of sp³-hybridized carbons (Fsp3) is 0.273. The first-order valence-electron chi connectivity index (χ1n) is 8.43. The van der Waals surface area contributed by atoms with E-state index in [1.54, 1.807) is 0 Å². The molecule has 1 saturated heterocycles. The van der Waals surface area contributed by atoms with Crippen molar-refractivity contribution < 1.29 is 4.74 Å². The Kier molecular flexibility index (Phi) is 5.85. The fourth-order valence-electron chi connectivity index (χ4n) is 2.65. The minimum atomic E-state index is 0.844. The van der Waals surface area contributed by atoms with Crippen molar-refractivity contribution in [1.82, 2.24) is 4.90 Å². The minimum absolute atomic E-state index is 0.844. The summed E-state index contributed by atoms with van der Waals surface area (Å²) in [6, 6.07) is 17.0. The third-order valence-electron chi connectivity index (χ3n) is 4.12. The van der Waals surface area contributed by atoms with Crippen molar-refractivity contribution in [3.8, 4) is 11.8 Å². The molecular formula is C22H23NO. The van der Waals surface area contributed by atoms with E-state index < -0.39 is 0 Å². The highest BCUT2D eigenvalue weighted by Crippen LogP contribution is 2.09. The Hall–Kier alpha value is -2.34. The molecule has 2 aromatic rings. The molecule has 0 amide bonds. The summed E-state index contributed by atoms with van der Waals surface area (Å²) in [5.41, 5.74) is 4.83. The lowest BCUT2D eigenvalue weighted by molar-refractivity contribution is 0.0342. The number of ether oxygens (including phenoxy) is 1. The molecule has 0 bridgehead atoms. The number of morpholine rings is 1. The van der Waals surface area contributed by atoms with Crippen LogP contribution in [0.15, 0.2) is 54.6 Å². The van der Waals surface area contributed by atoms with Gasteiger partial charge in [-0.2, -0.15) is 0 Å². The molecule has 1 aliphatic rings. The van der Waals surface area contributed by atoms with Crippen molar-refractivity contribution in [2.45, 2.75) is 13.5 Å². The van der Waals surface area contributed by atoms with Crippen molar-refractivity contribution in [3.05, 3.63) is 76.9 Å². The van der Waals surface area contributed by atoms with Gasteiger partial charge in [0.25, 0.3) is 0 Å². The van der Waals surface area contributed by atoms with Gasteiger partial charge >= 0.3 is 0 Å². The van der Waals surface area contributed by atoms with Gasteiger partial charge < -0.3 is 4.74 Å². The molecule has 2 heteroatoms. The Morgan fingerprint density at radius 1 is 1.00 bits per heavy atom. The average Bonchev–Trinajstić information content (AvgIpc) is 2.62. The third-order valence-corrected chi connectivity index (χ3v) is 4.12. The van der Waals surface area contributed by atoms with Crippen LogP contribution in [0.2, 0.25) is 0 Å². The zero-order chi connectivity index (χ0) is 16.6. The van der Waals surface area contributed by atoms with Gasteiger partial charge in [-0.05, 0) is 42.3 Å². The monoisotopic (exact) mass is 317 g/mol. The maximum Gasteiger partial charge on any atom is 0.0594 e. The number of benzene rings is 2. The van der Waals surface area contributed by atoms with Crippen molar-refractivity contribution >= 4 is 6.08 Å². The van der Waals surface area contributed by atoms with Crippen LogP contribution in [0.5, 0.6) is 0 Å². The van der Waals surface area contributed by atoms with Gasteiger partial charge in [-0.3, -0.25) is 4.90 Å². The first-order chi connectivity index (χ1) is 11.8. The molecule has 0 N–H and O–H groups in total. The molecule has 0 saturated carbocycles. The summed E-state index contributed by atoms with van der Waals surface area (Å²) in [6.07, 6.45) is 3.95. The maximum absolute atomic E-state index is 5.38. The van der Waals surface area contributed by atoms with Gasteiger partial charge in [0, 0.05) is 25.2 Å². The highest BCUT2D eigenvalue weighted by Gasteiger charge is 2.10. The second-order valence-corrected chi connectivity index (χ2v) is 6.10. The number of hydrogen-bond donors (Lipinski definition) is 0. The summed E-state index contributed by atoms with van der Waals surface area (Å²) >= 11 is 0. The van der Waals surface area contributed by atoms with E-state index in [2.05, 4.69) is 72.2 Å². The van der Waals surface area contributed by atoms with E-state index in [0.717, 1.165) is 38.4 Å². The van der Waals surface area contributed by atoms with Crippen molar-refractivity contribution in [1.29, 1.82) is 0 Å². The molecule has 2 nitrogen and oxygen atoms in total. The van der Waals surface area contributed by atoms with Gasteiger partial charge in [0.2, 0.25) is 0 Å². The third kappa shape index (κ3) is 5.09. The highest BCUT2D eigenvalue weighted by atomic mass is 16.5. The topological polar surface area (TPSA) is 12.5 Å². The van der Waals surface area contributed by atoms with Gasteiger partial charge in [-0.15, -0.1) is 0 Å². The number of allylic oxidation sites excluding steroid dienone is 1. The number of rotatable bonds is 3. The maximum atomic E-state index is 5.38.